The van der Waals surface area contributed by atoms with Crippen LogP contribution in [0.25, 0.3) is 0 Å². The summed E-state index contributed by atoms with van der Waals surface area (Å²) in [5.74, 6) is -0.205. The maximum atomic E-state index is 12.3. The lowest BCUT2D eigenvalue weighted by molar-refractivity contribution is -0.187. The van der Waals surface area contributed by atoms with Crippen LogP contribution in [0.1, 0.15) is 30.4 Å². The van der Waals surface area contributed by atoms with E-state index in [2.05, 4.69) is 37.4 Å². The second-order valence-corrected chi connectivity index (χ2v) is 6.46. The summed E-state index contributed by atoms with van der Waals surface area (Å²) in [7, 11) is 0. The molecule has 0 atom stereocenters. The molecule has 1 aromatic rings. The molecular weight excluding hydrogens is 292 g/mol. The van der Waals surface area contributed by atoms with Crippen molar-refractivity contribution in [1.82, 2.24) is 4.90 Å². The van der Waals surface area contributed by atoms with Crippen LogP contribution in [0.15, 0.2) is 18.2 Å². The van der Waals surface area contributed by atoms with Crippen molar-refractivity contribution in [3.63, 3.8) is 0 Å². The van der Waals surface area contributed by atoms with E-state index < -0.39 is 5.79 Å². The normalized spacial score (nSPS) is 20.0. The van der Waals surface area contributed by atoms with E-state index in [0.717, 1.165) is 31.6 Å². The van der Waals surface area contributed by atoms with E-state index in [4.69, 9.17) is 9.47 Å². The topological polar surface area (TPSA) is 50.8 Å². The Hall–Kier alpha value is -1.59. The Morgan fingerprint density at radius 3 is 2.52 bits per heavy atom. The third kappa shape index (κ3) is 3.85. The third-order valence-corrected chi connectivity index (χ3v) is 4.87. The van der Waals surface area contributed by atoms with E-state index in [1.54, 1.807) is 0 Å². The van der Waals surface area contributed by atoms with Gasteiger partial charge < -0.3 is 19.7 Å². The van der Waals surface area contributed by atoms with E-state index in [0.29, 0.717) is 26.2 Å². The summed E-state index contributed by atoms with van der Waals surface area (Å²) in [5.41, 5.74) is 3.62. The molecule has 23 heavy (non-hydrogen) atoms. The molecule has 1 spiro atoms. The molecule has 2 saturated heterocycles. The number of aryl methyl sites for hydroxylation is 2. The van der Waals surface area contributed by atoms with Crippen molar-refractivity contribution in [2.75, 3.05) is 38.2 Å². The fourth-order valence-corrected chi connectivity index (χ4v) is 3.21. The van der Waals surface area contributed by atoms with Crippen LogP contribution in [0.2, 0.25) is 0 Å². The van der Waals surface area contributed by atoms with Gasteiger partial charge in [0.25, 0.3) is 0 Å². The molecule has 2 heterocycles. The molecule has 1 amide bonds. The standard InChI is InChI=1S/C18H26N2O3/c1-14-3-4-16(13-15(14)2)19-8-5-17(21)20-9-6-18(7-10-20)22-11-12-23-18/h3-4,13,19H,5-12H2,1-2H3. The van der Waals surface area contributed by atoms with Crippen molar-refractivity contribution >= 4 is 11.6 Å². The molecule has 5 nitrogen and oxygen atoms in total. The van der Waals surface area contributed by atoms with Crippen molar-refractivity contribution in [2.24, 2.45) is 0 Å². The monoisotopic (exact) mass is 318 g/mol. The zero-order valence-electron chi connectivity index (χ0n) is 14.1. The van der Waals surface area contributed by atoms with Gasteiger partial charge in [-0.2, -0.15) is 0 Å². The van der Waals surface area contributed by atoms with E-state index in [-0.39, 0.29) is 5.91 Å². The van der Waals surface area contributed by atoms with Gasteiger partial charge in [-0.15, -0.1) is 0 Å². The number of rotatable bonds is 4. The van der Waals surface area contributed by atoms with Gasteiger partial charge in [0, 0.05) is 44.6 Å². The summed E-state index contributed by atoms with van der Waals surface area (Å²) in [4.78, 5) is 14.2. The van der Waals surface area contributed by atoms with Gasteiger partial charge in [0.1, 0.15) is 0 Å². The molecule has 0 aliphatic carbocycles. The smallest absolute Gasteiger partial charge is 0.224 e. The fraction of sp³-hybridized carbons (Fsp3) is 0.611. The average molecular weight is 318 g/mol. The second kappa shape index (κ2) is 6.89. The first-order chi connectivity index (χ1) is 11.1. The lowest BCUT2D eigenvalue weighted by Gasteiger charge is -2.37. The van der Waals surface area contributed by atoms with Crippen molar-refractivity contribution in [3.05, 3.63) is 29.3 Å². The van der Waals surface area contributed by atoms with E-state index >= 15 is 0 Å². The molecule has 0 radical (unpaired) electrons. The maximum absolute atomic E-state index is 12.3. The second-order valence-electron chi connectivity index (χ2n) is 6.46. The molecule has 2 aliphatic heterocycles. The number of nitrogens with one attached hydrogen (secondary N) is 1. The zero-order valence-corrected chi connectivity index (χ0v) is 14.1. The predicted molar refractivity (Wildman–Crippen MR) is 89.5 cm³/mol. The van der Waals surface area contributed by atoms with Crippen LogP contribution < -0.4 is 5.32 Å². The average Bonchev–Trinajstić information content (AvgIpc) is 2.99. The highest BCUT2D eigenvalue weighted by atomic mass is 16.7. The number of ether oxygens (including phenoxy) is 2. The minimum absolute atomic E-state index is 0.203. The minimum atomic E-state index is -0.408. The number of amides is 1. The summed E-state index contributed by atoms with van der Waals surface area (Å²) < 4.78 is 11.4. The molecule has 0 saturated carbocycles. The van der Waals surface area contributed by atoms with Crippen molar-refractivity contribution in [3.8, 4) is 0 Å². The van der Waals surface area contributed by atoms with Crippen molar-refractivity contribution < 1.29 is 14.3 Å². The van der Waals surface area contributed by atoms with Gasteiger partial charge in [0.15, 0.2) is 5.79 Å². The number of anilines is 1. The van der Waals surface area contributed by atoms with Crippen LogP contribution in [0.4, 0.5) is 5.69 Å². The molecule has 3 rings (SSSR count). The van der Waals surface area contributed by atoms with Crippen LogP contribution in [-0.4, -0.2) is 49.4 Å². The van der Waals surface area contributed by atoms with Gasteiger partial charge in [0.2, 0.25) is 5.91 Å². The molecule has 126 valence electrons. The largest absolute Gasteiger partial charge is 0.385 e. The molecule has 5 heteroatoms. The molecule has 1 aromatic carbocycles. The van der Waals surface area contributed by atoms with E-state index in [9.17, 15) is 4.79 Å². The Morgan fingerprint density at radius 1 is 1.17 bits per heavy atom. The van der Waals surface area contributed by atoms with Crippen LogP contribution in [0.5, 0.6) is 0 Å². The van der Waals surface area contributed by atoms with E-state index in [1.165, 1.54) is 11.1 Å². The van der Waals surface area contributed by atoms with Gasteiger partial charge >= 0.3 is 0 Å². The first-order valence-electron chi connectivity index (χ1n) is 8.45. The highest BCUT2D eigenvalue weighted by molar-refractivity contribution is 5.76. The third-order valence-electron chi connectivity index (χ3n) is 4.87. The van der Waals surface area contributed by atoms with Gasteiger partial charge in [-0.3, -0.25) is 4.79 Å². The number of piperidine rings is 1. The maximum Gasteiger partial charge on any atom is 0.224 e. The molecular formula is C18H26N2O3. The molecule has 0 aromatic heterocycles. The minimum Gasteiger partial charge on any atom is -0.385 e. The quantitative estimate of drug-likeness (QED) is 0.926. The number of carbonyl (C=O) groups is 1. The number of likely N-dealkylation sites (tertiary alicyclic amines) is 1. The summed E-state index contributed by atoms with van der Waals surface area (Å²) >= 11 is 0. The summed E-state index contributed by atoms with van der Waals surface area (Å²) in [5, 5.41) is 3.33. The van der Waals surface area contributed by atoms with Gasteiger partial charge in [-0.1, -0.05) is 6.07 Å². The summed E-state index contributed by atoms with van der Waals surface area (Å²) in [6.07, 6.45) is 2.08. The molecule has 2 fully saturated rings. The Bertz CT molecular complexity index is 557. The van der Waals surface area contributed by atoms with Crippen LogP contribution >= 0.6 is 0 Å². The highest BCUT2D eigenvalue weighted by Crippen LogP contribution is 2.31. The first-order valence-corrected chi connectivity index (χ1v) is 8.45. The Morgan fingerprint density at radius 2 is 1.87 bits per heavy atom. The fourth-order valence-electron chi connectivity index (χ4n) is 3.21. The summed E-state index contributed by atoms with van der Waals surface area (Å²) in [6.45, 7) is 7.66. The first kappa shape index (κ1) is 16.3. The zero-order chi connectivity index (χ0) is 16.3. The Kier molecular flexibility index (Phi) is 4.87. The van der Waals surface area contributed by atoms with Crippen LogP contribution in [0, 0.1) is 13.8 Å². The summed E-state index contributed by atoms with van der Waals surface area (Å²) in [6, 6.07) is 6.29. The lowest BCUT2D eigenvalue weighted by Crippen LogP contribution is -2.47. The van der Waals surface area contributed by atoms with Crippen molar-refractivity contribution in [2.45, 2.75) is 38.9 Å². The molecule has 2 aliphatic rings. The molecule has 0 unspecified atom stereocenters. The predicted octanol–water partition coefficient (Wildman–Crippen LogP) is 2.47. The Balaban J connectivity index is 1.42. The Labute approximate surface area is 137 Å². The van der Waals surface area contributed by atoms with Crippen molar-refractivity contribution in [1.29, 1.82) is 0 Å². The van der Waals surface area contributed by atoms with Gasteiger partial charge in [0.05, 0.1) is 13.2 Å². The number of nitrogens with zero attached hydrogens (tertiary/aromatic N) is 1. The lowest BCUT2D eigenvalue weighted by atomic mass is 10.0. The molecule has 0 bridgehead atoms. The van der Waals surface area contributed by atoms with Crippen LogP contribution in [0.3, 0.4) is 0 Å². The van der Waals surface area contributed by atoms with Gasteiger partial charge in [-0.25, -0.2) is 0 Å². The number of hydrogen-bond donors (Lipinski definition) is 1. The van der Waals surface area contributed by atoms with E-state index in [1.807, 2.05) is 4.90 Å². The number of carbonyl (C=O) groups excluding carboxylic acids is 1. The number of benzene rings is 1. The SMILES string of the molecule is Cc1ccc(NCCC(=O)N2CCC3(CC2)OCCO3)cc1C. The van der Waals surface area contributed by atoms with Crippen LogP contribution in [-0.2, 0) is 14.3 Å². The number of hydrogen-bond acceptors (Lipinski definition) is 4. The molecule has 1 N–H and O–H groups in total. The van der Waals surface area contributed by atoms with Gasteiger partial charge in [-0.05, 0) is 37.1 Å². The highest BCUT2D eigenvalue weighted by Gasteiger charge is 2.40.